The Kier molecular flexibility index (Phi) is 7.02. The van der Waals surface area contributed by atoms with E-state index in [4.69, 9.17) is 5.73 Å². The van der Waals surface area contributed by atoms with Crippen molar-refractivity contribution in [2.75, 3.05) is 5.32 Å². The summed E-state index contributed by atoms with van der Waals surface area (Å²) in [5, 5.41) is 2.25. The van der Waals surface area contributed by atoms with Crippen molar-refractivity contribution >= 4 is 24.0 Å². The molecule has 0 radical (unpaired) electrons. The maximum atomic E-state index is 12.7. The number of nitrogens with two attached hydrogens (primary N) is 1. The zero-order chi connectivity index (χ0) is 14.6. The molecule has 0 aliphatic heterocycles. The zero-order valence-electron chi connectivity index (χ0n) is 11.2. The molecule has 1 rings (SSSR count). The average Bonchev–Trinajstić information content (AvgIpc) is 2.36. The van der Waals surface area contributed by atoms with Gasteiger partial charge < -0.3 is 11.1 Å². The Balaban J connectivity index is 0.00000361. The summed E-state index contributed by atoms with van der Waals surface area (Å²) in [6.07, 6.45) is -3.83. The molecule has 0 saturated carbocycles. The van der Waals surface area contributed by atoms with Gasteiger partial charge in [-0.2, -0.15) is 13.2 Å². The molecule has 1 aromatic rings. The van der Waals surface area contributed by atoms with Gasteiger partial charge in [0.15, 0.2) is 0 Å². The number of nitrogens with one attached hydrogen (secondary N) is 1. The van der Waals surface area contributed by atoms with Crippen LogP contribution in [-0.2, 0) is 11.0 Å². The van der Waals surface area contributed by atoms with Crippen LogP contribution in [0.5, 0.6) is 0 Å². The Labute approximate surface area is 122 Å². The number of anilines is 1. The summed E-state index contributed by atoms with van der Waals surface area (Å²) in [5.41, 5.74) is 4.54. The fourth-order valence-corrected chi connectivity index (χ4v) is 1.57. The van der Waals surface area contributed by atoms with Gasteiger partial charge in [0.2, 0.25) is 5.91 Å². The minimum absolute atomic E-state index is 0. The lowest BCUT2D eigenvalue weighted by atomic mass is 9.99. The number of rotatable bonds is 4. The van der Waals surface area contributed by atoms with Crippen molar-refractivity contribution in [2.45, 2.75) is 32.5 Å². The smallest absolute Gasteiger partial charge is 0.324 e. The van der Waals surface area contributed by atoms with E-state index in [1.165, 1.54) is 18.2 Å². The third-order valence-electron chi connectivity index (χ3n) is 3.05. The van der Waals surface area contributed by atoms with E-state index >= 15 is 0 Å². The van der Waals surface area contributed by atoms with Gasteiger partial charge in [0, 0.05) is 0 Å². The van der Waals surface area contributed by atoms with Crippen LogP contribution in [0, 0.1) is 5.92 Å². The quantitative estimate of drug-likeness (QED) is 0.895. The molecule has 3 N–H and O–H groups in total. The summed E-state index contributed by atoms with van der Waals surface area (Å²) in [7, 11) is 0. The van der Waals surface area contributed by atoms with Crippen LogP contribution < -0.4 is 11.1 Å². The SMILES string of the molecule is CCC(C)[C@@H](N)C(=O)Nc1ccccc1C(F)(F)F.Cl. The molecule has 0 bridgehead atoms. The summed E-state index contributed by atoms with van der Waals surface area (Å²) >= 11 is 0. The highest BCUT2D eigenvalue weighted by atomic mass is 35.5. The highest BCUT2D eigenvalue weighted by Crippen LogP contribution is 2.34. The molecule has 20 heavy (non-hydrogen) atoms. The van der Waals surface area contributed by atoms with Gasteiger partial charge in [-0.1, -0.05) is 32.4 Å². The van der Waals surface area contributed by atoms with E-state index in [1.54, 1.807) is 6.92 Å². The molecule has 114 valence electrons. The molecular formula is C13H18ClF3N2O. The molecular weight excluding hydrogens is 293 g/mol. The van der Waals surface area contributed by atoms with Crippen LogP contribution in [0.15, 0.2) is 24.3 Å². The van der Waals surface area contributed by atoms with E-state index in [-0.39, 0.29) is 24.0 Å². The number of amides is 1. The van der Waals surface area contributed by atoms with E-state index in [0.29, 0.717) is 6.42 Å². The number of carbonyl (C=O) groups excluding carboxylic acids is 1. The molecule has 0 saturated heterocycles. The summed E-state index contributed by atoms with van der Waals surface area (Å²) < 4.78 is 38.2. The topological polar surface area (TPSA) is 55.1 Å². The third kappa shape index (κ3) is 4.68. The number of alkyl halides is 3. The average molecular weight is 311 g/mol. The zero-order valence-corrected chi connectivity index (χ0v) is 12.0. The minimum Gasteiger partial charge on any atom is -0.324 e. The highest BCUT2D eigenvalue weighted by Gasteiger charge is 2.34. The van der Waals surface area contributed by atoms with Crippen molar-refractivity contribution in [3.05, 3.63) is 29.8 Å². The molecule has 2 atom stereocenters. The fraction of sp³-hybridized carbons (Fsp3) is 0.462. The maximum Gasteiger partial charge on any atom is 0.418 e. The van der Waals surface area contributed by atoms with Gasteiger partial charge in [-0.3, -0.25) is 4.79 Å². The van der Waals surface area contributed by atoms with Crippen LogP contribution in [0.25, 0.3) is 0 Å². The van der Waals surface area contributed by atoms with E-state index in [1.807, 2.05) is 6.92 Å². The van der Waals surface area contributed by atoms with Crippen LogP contribution in [0.3, 0.4) is 0 Å². The van der Waals surface area contributed by atoms with Gasteiger partial charge in [0.1, 0.15) is 0 Å². The molecule has 0 fully saturated rings. The first-order chi connectivity index (χ1) is 8.77. The van der Waals surface area contributed by atoms with Gasteiger partial charge in [0.05, 0.1) is 17.3 Å². The lowest BCUT2D eigenvalue weighted by Gasteiger charge is -2.19. The fourth-order valence-electron chi connectivity index (χ4n) is 1.57. The van der Waals surface area contributed by atoms with Crippen molar-refractivity contribution < 1.29 is 18.0 Å². The summed E-state index contributed by atoms with van der Waals surface area (Å²) in [6.45, 7) is 3.64. The first kappa shape index (κ1) is 18.7. The van der Waals surface area contributed by atoms with Gasteiger partial charge in [-0.05, 0) is 18.1 Å². The normalized spacial score (nSPS) is 14.1. The van der Waals surface area contributed by atoms with Gasteiger partial charge >= 0.3 is 6.18 Å². The largest absolute Gasteiger partial charge is 0.418 e. The summed E-state index contributed by atoms with van der Waals surface area (Å²) in [4.78, 5) is 11.8. The Morgan fingerprint density at radius 3 is 2.40 bits per heavy atom. The molecule has 0 spiro atoms. The van der Waals surface area contributed by atoms with E-state index in [0.717, 1.165) is 6.07 Å². The van der Waals surface area contributed by atoms with Gasteiger partial charge in [-0.15, -0.1) is 12.4 Å². The maximum absolute atomic E-state index is 12.7. The van der Waals surface area contributed by atoms with Crippen molar-refractivity contribution in [3.8, 4) is 0 Å². The lowest BCUT2D eigenvalue weighted by Crippen LogP contribution is -2.40. The number of carbonyl (C=O) groups is 1. The Morgan fingerprint density at radius 1 is 1.35 bits per heavy atom. The second-order valence-electron chi connectivity index (χ2n) is 4.44. The van der Waals surface area contributed by atoms with Gasteiger partial charge in [0.25, 0.3) is 0 Å². The molecule has 0 aromatic heterocycles. The molecule has 0 aliphatic rings. The van der Waals surface area contributed by atoms with Crippen LogP contribution in [0.2, 0.25) is 0 Å². The Morgan fingerprint density at radius 2 is 1.90 bits per heavy atom. The van der Waals surface area contributed by atoms with Crippen molar-refractivity contribution in [1.82, 2.24) is 0 Å². The molecule has 1 aromatic carbocycles. The Bertz CT molecular complexity index is 451. The van der Waals surface area contributed by atoms with E-state index in [9.17, 15) is 18.0 Å². The van der Waals surface area contributed by atoms with Crippen molar-refractivity contribution in [2.24, 2.45) is 11.7 Å². The molecule has 1 unspecified atom stereocenters. The minimum atomic E-state index is -4.51. The van der Waals surface area contributed by atoms with Crippen LogP contribution in [0.1, 0.15) is 25.8 Å². The third-order valence-corrected chi connectivity index (χ3v) is 3.05. The molecule has 7 heteroatoms. The highest BCUT2D eigenvalue weighted by molar-refractivity contribution is 5.95. The monoisotopic (exact) mass is 310 g/mol. The Hall–Kier alpha value is -1.27. The number of halogens is 4. The van der Waals surface area contributed by atoms with E-state index < -0.39 is 23.7 Å². The predicted octanol–water partition coefficient (Wildman–Crippen LogP) is 3.44. The molecule has 0 heterocycles. The van der Waals surface area contributed by atoms with E-state index in [2.05, 4.69) is 5.32 Å². The first-order valence-corrected chi connectivity index (χ1v) is 6.00. The van der Waals surface area contributed by atoms with Crippen LogP contribution in [0.4, 0.5) is 18.9 Å². The second kappa shape index (κ2) is 7.50. The standard InChI is InChI=1S/C13H17F3N2O.ClH/c1-3-8(2)11(17)12(19)18-10-7-5-4-6-9(10)13(14,15)16;/h4-8,11H,3,17H2,1-2H3,(H,18,19);1H/t8?,11-;/m1./s1. The van der Waals surface area contributed by atoms with Crippen LogP contribution >= 0.6 is 12.4 Å². The number of hydrogen-bond acceptors (Lipinski definition) is 2. The van der Waals surface area contributed by atoms with Crippen LogP contribution in [-0.4, -0.2) is 11.9 Å². The number of hydrogen-bond donors (Lipinski definition) is 2. The molecule has 3 nitrogen and oxygen atoms in total. The molecule has 1 amide bonds. The predicted molar refractivity (Wildman–Crippen MR) is 74.8 cm³/mol. The summed E-state index contributed by atoms with van der Waals surface area (Å²) in [5.74, 6) is -0.705. The van der Waals surface area contributed by atoms with Crippen molar-refractivity contribution in [1.29, 1.82) is 0 Å². The number of para-hydroxylation sites is 1. The van der Waals surface area contributed by atoms with Crippen molar-refractivity contribution in [3.63, 3.8) is 0 Å². The van der Waals surface area contributed by atoms with Gasteiger partial charge in [-0.25, -0.2) is 0 Å². The second-order valence-corrected chi connectivity index (χ2v) is 4.44. The first-order valence-electron chi connectivity index (χ1n) is 6.00. The lowest BCUT2D eigenvalue weighted by molar-refractivity contribution is -0.137. The summed E-state index contributed by atoms with van der Waals surface area (Å²) in [6, 6.07) is 4.01. The molecule has 0 aliphatic carbocycles. The number of benzene rings is 1.